The molecule has 1 N–H and O–H groups in total. The van der Waals surface area contributed by atoms with E-state index in [4.69, 9.17) is 4.74 Å². The molecular formula is C28H28N2O4S2. The van der Waals surface area contributed by atoms with Crippen LogP contribution in [0.5, 0.6) is 5.75 Å². The van der Waals surface area contributed by atoms with Gasteiger partial charge in [0.1, 0.15) is 12.3 Å². The van der Waals surface area contributed by atoms with Crippen molar-refractivity contribution >= 4 is 44.2 Å². The van der Waals surface area contributed by atoms with Crippen molar-refractivity contribution in [3.8, 4) is 5.75 Å². The summed E-state index contributed by atoms with van der Waals surface area (Å²) in [5, 5.41) is 5.02. The number of carbonyl (C=O) groups is 1. The lowest BCUT2D eigenvalue weighted by Gasteiger charge is -2.24. The van der Waals surface area contributed by atoms with Gasteiger partial charge in [-0.3, -0.25) is 9.10 Å². The summed E-state index contributed by atoms with van der Waals surface area (Å²) in [5.41, 5.74) is 1.34. The van der Waals surface area contributed by atoms with Crippen molar-refractivity contribution in [2.45, 2.75) is 23.3 Å². The van der Waals surface area contributed by atoms with Crippen LogP contribution in [0.1, 0.15) is 12.5 Å². The third kappa shape index (κ3) is 5.83. The summed E-state index contributed by atoms with van der Waals surface area (Å²) in [6.45, 7) is 2.31. The third-order valence-electron chi connectivity index (χ3n) is 5.73. The zero-order valence-electron chi connectivity index (χ0n) is 20.2. The number of thioether (sulfide) groups is 1. The van der Waals surface area contributed by atoms with Crippen LogP contribution in [0.15, 0.2) is 101 Å². The second-order valence-corrected chi connectivity index (χ2v) is 10.8. The fourth-order valence-electron chi connectivity index (χ4n) is 3.89. The number of rotatable bonds is 10. The molecule has 0 radical (unpaired) electrons. The number of benzene rings is 4. The van der Waals surface area contributed by atoms with E-state index in [-0.39, 0.29) is 11.4 Å². The summed E-state index contributed by atoms with van der Waals surface area (Å²) in [6.07, 6.45) is 1.93. The van der Waals surface area contributed by atoms with E-state index in [1.165, 1.54) is 11.8 Å². The Kier molecular flexibility index (Phi) is 8.18. The van der Waals surface area contributed by atoms with Gasteiger partial charge in [-0.25, -0.2) is 8.42 Å². The number of hydrogen-bond acceptors (Lipinski definition) is 5. The first-order chi connectivity index (χ1) is 17.4. The second-order valence-electron chi connectivity index (χ2n) is 8.03. The Hall–Kier alpha value is -3.49. The lowest BCUT2D eigenvalue weighted by Crippen LogP contribution is -2.40. The number of nitrogens with zero attached hydrogens (tertiary/aromatic N) is 1. The first kappa shape index (κ1) is 25.6. The maximum Gasteiger partial charge on any atom is 0.264 e. The molecule has 186 valence electrons. The van der Waals surface area contributed by atoms with E-state index in [1.807, 2.05) is 55.6 Å². The molecule has 0 aliphatic carbocycles. The molecule has 0 saturated heterocycles. The van der Waals surface area contributed by atoms with Crippen LogP contribution in [-0.4, -0.2) is 33.7 Å². The molecular weight excluding hydrogens is 492 g/mol. The van der Waals surface area contributed by atoms with Gasteiger partial charge in [-0.2, -0.15) is 0 Å². The lowest BCUT2D eigenvalue weighted by atomic mass is 10.0. The number of nitrogens with one attached hydrogen (secondary N) is 1. The maximum absolute atomic E-state index is 13.6. The highest BCUT2D eigenvalue weighted by Gasteiger charge is 2.27. The number of anilines is 1. The van der Waals surface area contributed by atoms with Crippen LogP contribution in [0.3, 0.4) is 0 Å². The monoisotopic (exact) mass is 520 g/mol. The summed E-state index contributed by atoms with van der Waals surface area (Å²) in [4.78, 5) is 14.1. The summed E-state index contributed by atoms with van der Waals surface area (Å²) in [7, 11) is -3.99. The van der Waals surface area contributed by atoms with Crippen LogP contribution in [0.25, 0.3) is 10.8 Å². The molecule has 1 amide bonds. The van der Waals surface area contributed by atoms with Crippen LogP contribution in [0, 0.1) is 0 Å². The molecule has 0 saturated carbocycles. The number of amides is 1. The number of sulfonamides is 1. The van der Waals surface area contributed by atoms with E-state index in [9.17, 15) is 13.2 Å². The molecule has 0 aliphatic heterocycles. The highest BCUT2D eigenvalue weighted by Crippen LogP contribution is 2.27. The van der Waals surface area contributed by atoms with Gasteiger partial charge in [-0.05, 0) is 78.0 Å². The van der Waals surface area contributed by atoms with Crippen molar-refractivity contribution in [1.82, 2.24) is 5.32 Å². The molecule has 0 atom stereocenters. The van der Waals surface area contributed by atoms with Crippen LogP contribution in [0.4, 0.5) is 5.69 Å². The predicted molar refractivity (Wildman–Crippen MR) is 146 cm³/mol. The van der Waals surface area contributed by atoms with Crippen LogP contribution < -0.4 is 14.4 Å². The molecule has 0 aromatic heterocycles. The highest BCUT2D eigenvalue weighted by molar-refractivity contribution is 7.98. The molecule has 0 bridgehead atoms. The van der Waals surface area contributed by atoms with Gasteiger partial charge in [0.05, 0.1) is 17.2 Å². The van der Waals surface area contributed by atoms with E-state index < -0.39 is 15.9 Å². The summed E-state index contributed by atoms with van der Waals surface area (Å²) >= 11 is 1.53. The van der Waals surface area contributed by atoms with E-state index in [0.29, 0.717) is 24.6 Å². The van der Waals surface area contributed by atoms with Crippen molar-refractivity contribution < 1.29 is 17.9 Å². The standard InChI is InChI=1S/C28H28N2O4S2/c1-3-34-24-13-11-23(12-14-24)30(36(32,33)26-17-15-25(35-2)16-18-26)20-28(31)29-19-22-9-6-8-21-7-4-5-10-27(21)22/h4-18H,3,19-20H2,1-2H3,(H,29,31). The van der Waals surface area contributed by atoms with Gasteiger partial charge in [0.2, 0.25) is 5.91 Å². The van der Waals surface area contributed by atoms with Crippen molar-refractivity contribution in [3.05, 3.63) is 96.6 Å². The van der Waals surface area contributed by atoms with Crippen molar-refractivity contribution in [2.75, 3.05) is 23.7 Å². The molecule has 0 aliphatic rings. The average molecular weight is 521 g/mol. The third-order valence-corrected chi connectivity index (χ3v) is 8.26. The molecule has 36 heavy (non-hydrogen) atoms. The second kappa shape index (κ2) is 11.5. The van der Waals surface area contributed by atoms with Crippen molar-refractivity contribution in [2.24, 2.45) is 0 Å². The topological polar surface area (TPSA) is 75.7 Å². The Morgan fingerprint density at radius 1 is 0.917 bits per heavy atom. The normalized spacial score (nSPS) is 11.3. The van der Waals surface area contributed by atoms with Crippen molar-refractivity contribution in [1.29, 1.82) is 0 Å². The van der Waals surface area contributed by atoms with E-state index >= 15 is 0 Å². The van der Waals surface area contributed by atoms with E-state index in [1.54, 1.807) is 48.5 Å². The van der Waals surface area contributed by atoms with E-state index in [2.05, 4.69) is 5.32 Å². The molecule has 0 heterocycles. The van der Waals surface area contributed by atoms with Crippen LogP contribution in [0.2, 0.25) is 0 Å². The predicted octanol–water partition coefficient (Wildman–Crippen LogP) is 5.47. The summed E-state index contributed by atoms with van der Waals surface area (Å²) in [5.74, 6) is 0.226. The van der Waals surface area contributed by atoms with Gasteiger partial charge in [0.25, 0.3) is 10.0 Å². The number of hydrogen-bond donors (Lipinski definition) is 1. The lowest BCUT2D eigenvalue weighted by molar-refractivity contribution is -0.119. The Morgan fingerprint density at radius 3 is 2.31 bits per heavy atom. The van der Waals surface area contributed by atoms with Crippen molar-refractivity contribution in [3.63, 3.8) is 0 Å². The molecule has 6 nitrogen and oxygen atoms in total. The largest absolute Gasteiger partial charge is 0.494 e. The Bertz CT molecular complexity index is 1430. The summed E-state index contributed by atoms with van der Waals surface area (Å²) < 4.78 is 33.9. The maximum atomic E-state index is 13.6. The zero-order valence-corrected chi connectivity index (χ0v) is 21.8. The molecule has 0 spiro atoms. The van der Waals surface area contributed by atoms with Gasteiger partial charge in [-0.1, -0.05) is 42.5 Å². The molecule has 4 aromatic carbocycles. The Labute approximate surface area is 216 Å². The molecule has 4 aromatic rings. The molecule has 0 fully saturated rings. The minimum absolute atomic E-state index is 0.121. The van der Waals surface area contributed by atoms with Gasteiger partial charge >= 0.3 is 0 Å². The number of ether oxygens (including phenoxy) is 1. The quantitative estimate of drug-likeness (QED) is 0.281. The highest BCUT2D eigenvalue weighted by atomic mass is 32.2. The number of carbonyl (C=O) groups excluding carboxylic acids is 1. The van der Waals surface area contributed by atoms with Gasteiger partial charge in [0, 0.05) is 11.4 Å². The number of fused-ring (bicyclic) bond motifs is 1. The smallest absolute Gasteiger partial charge is 0.264 e. The Morgan fingerprint density at radius 2 is 1.61 bits per heavy atom. The fraction of sp³-hybridized carbons (Fsp3) is 0.179. The minimum atomic E-state index is -3.99. The first-order valence-electron chi connectivity index (χ1n) is 11.6. The Balaban J connectivity index is 1.59. The summed E-state index contributed by atoms with van der Waals surface area (Å²) in [6, 6.07) is 27.2. The molecule has 4 rings (SSSR count). The van der Waals surface area contributed by atoms with Gasteiger partial charge in [-0.15, -0.1) is 11.8 Å². The zero-order chi connectivity index (χ0) is 25.5. The van der Waals surface area contributed by atoms with E-state index in [0.717, 1.165) is 25.5 Å². The minimum Gasteiger partial charge on any atom is -0.494 e. The molecule has 0 unspecified atom stereocenters. The SMILES string of the molecule is CCOc1ccc(N(CC(=O)NCc2cccc3ccccc23)S(=O)(=O)c2ccc(SC)cc2)cc1. The average Bonchev–Trinajstić information content (AvgIpc) is 2.91. The van der Waals surface area contributed by atoms with Crippen LogP contribution >= 0.6 is 11.8 Å². The van der Waals surface area contributed by atoms with Gasteiger partial charge in [0.15, 0.2) is 0 Å². The fourth-order valence-corrected chi connectivity index (χ4v) is 5.72. The molecule has 8 heteroatoms. The van der Waals surface area contributed by atoms with Crippen LogP contribution in [-0.2, 0) is 21.4 Å². The first-order valence-corrected chi connectivity index (χ1v) is 14.2. The van der Waals surface area contributed by atoms with Gasteiger partial charge < -0.3 is 10.1 Å².